The second-order valence-electron chi connectivity index (χ2n) is 11.5. The molecule has 2 unspecified atom stereocenters. The second kappa shape index (κ2) is 12.1. The standard InChI is InChI=1S/C33H37N3O5/c1-33(18-30(37)38,23-16-17-23)35-31(39)29(20-36(2)19-22-10-4-3-5-11-22)34-32(40)41-21-28-26-14-8-6-12-24(26)25-13-7-9-15-27(25)28/h3-15,23,28-29H,16-21H2,1-2H3,(H,34,40)(H,35,39)(H,37,38). The number of nitrogens with one attached hydrogen (secondary N) is 2. The van der Waals surface area contributed by atoms with Crippen molar-refractivity contribution in [3.05, 3.63) is 95.6 Å². The summed E-state index contributed by atoms with van der Waals surface area (Å²) in [5, 5.41) is 15.2. The predicted molar refractivity (Wildman–Crippen MR) is 156 cm³/mol. The molecule has 0 saturated heterocycles. The van der Waals surface area contributed by atoms with Gasteiger partial charge in [-0.2, -0.15) is 0 Å². The lowest BCUT2D eigenvalue weighted by molar-refractivity contribution is -0.139. The SMILES string of the molecule is CN(Cc1ccccc1)CC(NC(=O)OCC1c2ccccc2-c2ccccc21)C(=O)NC(C)(CC(=O)O)C1CC1. The monoisotopic (exact) mass is 555 g/mol. The van der Waals surface area contributed by atoms with Crippen molar-refractivity contribution >= 4 is 18.0 Å². The highest BCUT2D eigenvalue weighted by Gasteiger charge is 2.45. The number of carboxylic acid groups (broad SMARTS) is 1. The van der Waals surface area contributed by atoms with E-state index in [0.717, 1.165) is 40.7 Å². The van der Waals surface area contributed by atoms with Crippen molar-refractivity contribution in [2.24, 2.45) is 5.92 Å². The molecule has 2 atom stereocenters. The van der Waals surface area contributed by atoms with Gasteiger partial charge in [0.05, 0.1) is 12.0 Å². The number of alkyl carbamates (subject to hydrolysis) is 1. The Bertz CT molecular complexity index is 1360. The van der Waals surface area contributed by atoms with Crippen LogP contribution in [0.2, 0.25) is 0 Å². The van der Waals surface area contributed by atoms with Crippen molar-refractivity contribution in [3.8, 4) is 11.1 Å². The topological polar surface area (TPSA) is 108 Å². The molecule has 41 heavy (non-hydrogen) atoms. The van der Waals surface area contributed by atoms with E-state index >= 15 is 0 Å². The predicted octanol–water partition coefficient (Wildman–Crippen LogP) is 4.79. The van der Waals surface area contributed by atoms with Gasteiger partial charge in [-0.25, -0.2) is 4.79 Å². The van der Waals surface area contributed by atoms with Gasteiger partial charge in [0.25, 0.3) is 0 Å². The summed E-state index contributed by atoms with van der Waals surface area (Å²) in [5.74, 6) is -1.40. The summed E-state index contributed by atoms with van der Waals surface area (Å²) in [4.78, 5) is 40.3. The molecule has 1 fully saturated rings. The van der Waals surface area contributed by atoms with Crippen LogP contribution in [0, 0.1) is 5.92 Å². The van der Waals surface area contributed by atoms with E-state index in [1.807, 2.05) is 66.5 Å². The number of aliphatic carboxylic acids is 1. The summed E-state index contributed by atoms with van der Waals surface area (Å²) in [6.45, 7) is 2.70. The van der Waals surface area contributed by atoms with Crippen molar-refractivity contribution in [2.45, 2.75) is 50.2 Å². The van der Waals surface area contributed by atoms with E-state index in [0.29, 0.717) is 6.54 Å². The number of rotatable bonds is 12. The maximum atomic E-state index is 13.6. The maximum absolute atomic E-state index is 13.6. The van der Waals surface area contributed by atoms with Gasteiger partial charge in [-0.1, -0.05) is 78.9 Å². The largest absolute Gasteiger partial charge is 0.481 e. The molecule has 0 bridgehead atoms. The summed E-state index contributed by atoms with van der Waals surface area (Å²) in [5.41, 5.74) is 4.66. The van der Waals surface area contributed by atoms with Crippen molar-refractivity contribution in [3.63, 3.8) is 0 Å². The van der Waals surface area contributed by atoms with E-state index in [9.17, 15) is 19.5 Å². The number of fused-ring (bicyclic) bond motifs is 3. The number of carboxylic acids is 1. The van der Waals surface area contributed by atoms with Crippen LogP contribution >= 0.6 is 0 Å². The number of likely N-dealkylation sites (N-methyl/N-ethyl adjacent to an activating group) is 1. The van der Waals surface area contributed by atoms with Crippen LogP contribution in [0.5, 0.6) is 0 Å². The average Bonchev–Trinajstić information content (AvgIpc) is 3.76. The van der Waals surface area contributed by atoms with Gasteiger partial charge in [-0.15, -0.1) is 0 Å². The van der Waals surface area contributed by atoms with Crippen molar-refractivity contribution in [1.29, 1.82) is 0 Å². The van der Waals surface area contributed by atoms with Crippen LogP contribution in [0.25, 0.3) is 11.1 Å². The Morgan fingerprint density at radius 1 is 0.951 bits per heavy atom. The molecule has 5 rings (SSSR count). The molecule has 0 spiro atoms. The van der Waals surface area contributed by atoms with Crippen molar-refractivity contribution < 1.29 is 24.2 Å². The fourth-order valence-corrected chi connectivity index (χ4v) is 5.94. The van der Waals surface area contributed by atoms with Crippen LogP contribution in [-0.2, 0) is 20.9 Å². The molecule has 3 aromatic carbocycles. The third kappa shape index (κ3) is 6.77. The third-order valence-corrected chi connectivity index (χ3v) is 8.15. The van der Waals surface area contributed by atoms with Crippen LogP contribution in [0.4, 0.5) is 4.79 Å². The molecule has 3 N–H and O–H groups in total. The normalized spacial score (nSPS) is 16.3. The van der Waals surface area contributed by atoms with Gasteiger partial charge in [-0.05, 0) is 60.5 Å². The van der Waals surface area contributed by atoms with Crippen LogP contribution in [-0.4, -0.2) is 59.8 Å². The molecule has 2 aliphatic rings. The smallest absolute Gasteiger partial charge is 0.407 e. The zero-order valence-electron chi connectivity index (χ0n) is 23.5. The molecule has 214 valence electrons. The summed E-state index contributed by atoms with van der Waals surface area (Å²) in [7, 11) is 1.88. The van der Waals surface area contributed by atoms with Gasteiger partial charge in [0.1, 0.15) is 12.6 Å². The lowest BCUT2D eigenvalue weighted by Gasteiger charge is -2.32. The molecule has 8 nitrogen and oxygen atoms in total. The number of amides is 2. The highest BCUT2D eigenvalue weighted by atomic mass is 16.5. The average molecular weight is 556 g/mol. The van der Waals surface area contributed by atoms with Gasteiger partial charge < -0.3 is 20.5 Å². The lowest BCUT2D eigenvalue weighted by atomic mass is 9.91. The van der Waals surface area contributed by atoms with E-state index in [-0.39, 0.29) is 31.4 Å². The third-order valence-electron chi connectivity index (χ3n) is 8.15. The molecule has 0 aliphatic heterocycles. The highest BCUT2D eigenvalue weighted by molar-refractivity contribution is 5.87. The molecule has 2 aliphatic carbocycles. The first kappa shape index (κ1) is 28.4. The zero-order valence-corrected chi connectivity index (χ0v) is 23.5. The summed E-state index contributed by atoms with van der Waals surface area (Å²) >= 11 is 0. The van der Waals surface area contributed by atoms with Gasteiger partial charge in [0, 0.05) is 19.0 Å². The Kier molecular flexibility index (Phi) is 8.40. The van der Waals surface area contributed by atoms with Crippen LogP contribution in [0.3, 0.4) is 0 Å². The molecular weight excluding hydrogens is 518 g/mol. The Morgan fingerprint density at radius 3 is 2.12 bits per heavy atom. The molecule has 1 saturated carbocycles. The van der Waals surface area contributed by atoms with E-state index in [4.69, 9.17) is 4.74 Å². The molecule has 0 aromatic heterocycles. The highest BCUT2D eigenvalue weighted by Crippen LogP contribution is 2.44. The number of hydrogen-bond donors (Lipinski definition) is 3. The summed E-state index contributed by atoms with van der Waals surface area (Å²) in [6.07, 6.45) is 0.859. The fourth-order valence-electron chi connectivity index (χ4n) is 5.94. The first-order chi connectivity index (χ1) is 19.7. The first-order valence-electron chi connectivity index (χ1n) is 14.1. The van der Waals surface area contributed by atoms with Gasteiger partial charge in [0.2, 0.25) is 5.91 Å². The number of ether oxygens (including phenoxy) is 1. The summed E-state index contributed by atoms with van der Waals surface area (Å²) in [6, 6.07) is 25.1. The quantitative estimate of drug-likeness (QED) is 0.297. The van der Waals surface area contributed by atoms with Gasteiger partial charge >= 0.3 is 12.1 Å². The first-order valence-corrected chi connectivity index (χ1v) is 14.1. The van der Waals surface area contributed by atoms with E-state index < -0.39 is 29.6 Å². The van der Waals surface area contributed by atoms with E-state index in [1.165, 1.54) is 0 Å². The summed E-state index contributed by atoms with van der Waals surface area (Å²) < 4.78 is 5.73. The Morgan fingerprint density at radius 2 is 1.54 bits per heavy atom. The molecule has 2 amide bonds. The minimum Gasteiger partial charge on any atom is -0.481 e. The Hall–Kier alpha value is -4.17. The van der Waals surface area contributed by atoms with Crippen LogP contribution < -0.4 is 10.6 Å². The van der Waals surface area contributed by atoms with E-state index in [1.54, 1.807) is 6.92 Å². The molecular formula is C33H37N3O5. The lowest BCUT2D eigenvalue weighted by Crippen LogP contribution is -2.58. The number of hydrogen-bond acceptors (Lipinski definition) is 5. The van der Waals surface area contributed by atoms with E-state index in [2.05, 4.69) is 34.9 Å². The fraction of sp³-hybridized carbons (Fsp3) is 0.364. The van der Waals surface area contributed by atoms with Crippen molar-refractivity contribution in [2.75, 3.05) is 20.2 Å². The van der Waals surface area contributed by atoms with Crippen molar-refractivity contribution in [1.82, 2.24) is 15.5 Å². The second-order valence-corrected chi connectivity index (χ2v) is 11.5. The molecule has 8 heteroatoms. The van der Waals surface area contributed by atoms with Crippen LogP contribution in [0.15, 0.2) is 78.9 Å². The molecule has 3 aromatic rings. The number of benzene rings is 3. The number of carbonyl (C=O) groups is 3. The number of nitrogens with zero attached hydrogens (tertiary/aromatic N) is 1. The Labute approximate surface area is 240 Å². The minimum atomic E-state index is -0.970. The number of carbonyl (C=O) groups excluding carboxylic acids is 2. The zero-order chi connectivity index (χ0) is 29.0. The van der Waals surface area contributed by atoms with Gasteiger partial charge in [-0.3, -0.25) is 14.5 Å². The Balaban J connectivity index is 1.28. The maximum Gasteiger partial charge on any atom is 0.407 e. The van der Waals surface area contributed by atoms with Crippen LogP contribution in [0.1, 0.15) is 48.8 Å². The minimum absolute atomic E-state index is 0.0969. The molecule has 0 heterocycles. The van der Waals surface area contributed by atoms with Gasteiger partial charge in [0.15, 0.2) is 0 Å². The molecule has 0 radical (unpaired) electrons.